The molecule has 0 spiro atoms. The average Bonchev–Trinajstić information content (AvgIpc) is 3.40. The third-order valence-electron chi connectivity index (χ3n) is 6.55. The van der Waals surface area contributed by atoms with Gasteiger partial charge in [-0.15, -0.1) is 0 Å². The van der Waals surface area contributed by atoms with Gasteiger partial charge in [0.05, 0.1) is 10.9 Å². The van der Waals surface area contributed by atoms with Gasteiger partial charge in [0.15, 0.2) is 10.3 Å². The van der Waals surface area contributed by atoms with Crippen LogP contribution in [0.3, 0.4) is 0 Å². The summed E-state index contributed by atoms with van der Waals surface area (Å²) in [6.45, 7) is 0. The summed E-state index contributed by atoms with van der Waals surface area (Å²) in [4.78, 5) is 22.4. The van der Waals surface area contributed by atoms with Gasteiger partial charge in [-0.2, -0.15) is 0 Å². The van der Waals surface area contributed by atoms with E-state index in [1.54, 1.807) is 11.8 Å². The molecule has 0 atom stereocenters. The minimum Gasteiger partial charge on any atom is -0.450 e. The second-order valence-corrected chi connectivity index (χ2v) is 11.5. The number of halogens is 1. The van der Waals surface area contributed by atoms with E-state index in [2.05, 4.69) is 0 Å². The highest BCUT2D eigenvalue weighted by molar-refractivity contribution is 8.18. The molecule has 0 bridgehead atoms. The lowest BCUT2D eigenvalue weighted by Gasteiger charge is -2.31. The Hall–Kier alpha value is -1.63. The second-order valence-electron chi connectivity index (χ2n) is 8.99. The molecular weight excluding hydrogens is 472 g/mol. The third-order valence-corrected chi connectivity index (χ3v) is 8.73. The van der Waals surface area contributed by atoms with Crippen LogP contribution in [-0.4, -0.2) is 28.1 Å². The van der Waals surface area contributed by atoms with E-state index in [4.69, 9.17) is 21.0 Å². The molecule has 2 saturated carbocycles. The van der Waals surface area contributed by atoms with Crippen LogP contribution in [-0.2, 0) is 4.79 Å². The molecule has 0 unspecified atom stereocenters. The summed E-state index contributed by atoms with van der Waals surface area (Å²) in [5.74, 6) is 0.787. The highest BCUT2D eigenvalue weighted by Gasteiger charge is 2.39. The van der Waals surface area contributed by atoms with Crippen molar-refractivity contribution in [3.63, 3.8) is 0 Å². The van der Waals surface area contributed by atoms with Gasteiger partial charge in [-0.1, -0.05) is 61.9 Å². The maximum Gasteiger partial charge on any atom is 0.267 e. The number of rotatable bonds is 5. The van der Waals surface area contributed by atoms with E-state index in [0.29, 0.717) is 21.7 Å². The Kier molecular flexibility index (Phi) is 7.53. The first-order chi connectivity index (χ1) is 16.2. The number of hydrogen-bond acceptors (Lipinski definition) is 5. The van der Waals surface area contributed by atoms with Gasteiger partial charge >= 0.3 is 0 Å². The standard InChI is InChI=1S/C26H29ClN2O2S2/c27-18-11-14-22(15-12-18)32-24-16-13-21(31-24)17-23-25(30)29(20-9-5-2-6-10-20)26(33-23)28-19-7-3-1-4-8-19/h11-17,19-20H,1-10H2. The van der Waals surface area contributed by atoms with Crippen LogP contribution >= 0.6 is 35.1 Å². The summed E-state index contributed by atoms with van der Waals surface area (Å²) in [7, 11) is 0. The molecule has 2 aromatic rings. The number of thioether (sulfide) groups is 1. The smallest absolute Gasteiger partial charge is 0.267 e. The molecular formula is C26H29ClN2O2S2. The summed E-state index contributed by atoms with van der Waals surface area (Å²) < 4.78 is 6.02. The fourth-order valence-electron chi connectivity index (χ4n) is 4.82. The first-order valence-corrected chi connectivity index (χ1v) is 14.0. The quantitative estimate of drug-likeness (QED) is 0.390. The lowest BCUT2D eigenvalue weighted by Crippen LogP contribution is -2.41. The molecule has 1 amide bonds. The molecule has 1 aromatic carbocycles. The van der Waals surface area contributed by atoms with E-state index < -0.39 is 0 Å². The number of benzene rings is 1. The van der Waals surface area contributed by atoms with Crippen molar-refractivity contribution in [3.8, 4) is 0 Å². The minimum absolute atomic E-state index is 0.0877. The van der Waals surface area contributed by atoms with Crippen LogP contribution in [0, 0.1) is 0 Å². The van der Waals surface area contributed by atoms with Gasteiger partial charge in [0.2, 0.25) is 0 Å². The van der Waals surface area contributed by atoms with Gasteiger partial charge in [-0.05, 0) is 73.8 Å². The number of carbonyl (C=O) groups is 1. The van der Waals surface area contributed by atoms with Crippen molar-refractivity contribution in [2.45, 2.75) is 86.3 Å². The molecule has 3 aliphatic rings. The molecule has 0 radical (unpaired) electrons. The number of nitrogens with zero attached hydrogens (tertiary/aromatic N) is 2. The van der Waals surface area contributed by atoms with E-state index in [-0.39, 0.29) is 11.9 Å². The van der Waals surface area contributed by atoms with Gasteiger partial charge in [-0.3, -0.25) is 14.7 Å². The summed E-state index contributed by atoms with van der Waals surface area (Å²) in [5, 5.41) is 2.42. The lowest BCUT2D eigenvalue weighted by molar-refractivity contribution is -0.124. The normalized spacial score (nSPS) is 23.2. The third kappa shape index (κ3) is 5.72. The fraction of sp³-hybridized carbons (Fsp3) is 0.462. The van der Waals surface area contributed by atoms with Gasteiger partial charge in [0.25, 0.3) is 5.91 Å². The zero-order valence-corrected chi connectivity index (χ0v) is 21.1. The molecule has 5 rings (SSSR count). The van der Waals surface area contributed by atoms with Crippen molar-refractivity contribution in [2.75, 3.05) is 0 Å². The molecule has 1 aromatic heterocycles. The van der Waals surface area contributed by atoms with Crippen LogP contribution in [0.4, 0.5) is 0 Å². The number of amidine groups is 1. The van der Waals surface area contributed by atoms with Crippen LogP contribution in [0.25, 0.3) is 6.08 Å². The molecule has 174 valence electrons. The SMILES string of the molecule is O=C1C(=Cc2ccc(Sc3ccc(Cl)cc3)o2)SC(=NC2CCCCC2)N1C1CCCCC1. The first kappa shape index (κ1) is 23.1. The van der Waals surface area contributed by atoms with Gasteiger partial charge in [0.1, 0.15) is 5.76 Å². The zero-order valence-electron chi connectivity index (χ0n) is 18.7. The molecule has 2 aliphatic carbocycles. The van der Waals surface area contributed by atoms with Crippen LogP contribution in [0.15, 0.2) is 60.7 Å². The maximum absolute atomic E-state index is 13.5. The Morgan fingerprint density at radius 2 is 1.67 bits per heavy atom. The summed E-state index contributed by atoms with van der Waals surface area (Å²) in [6.07, 6.45) is 13.8. The van der Waals surface area contributed by atoms with E-state index in [0.717, 1.165) is 40.8 Å². The first-order valence-electron chi connectivity index (χ1n) is 12.0. The Balaban J connectivity index is 1.36. The second kappa shape index (κ2) is 10.7. The van der Waals surface area contributed by atoms with Crippen LogP contribution in [0.1, 0.15) is 70.0 Å². The largest absolute Gasteiger partial charge is 0.450 e. The number of carbonyl (C=O) groups excluding carboxylic acids is 1. The number of hydrogen-bond donors (Lipinski definition) is 0. The highest BCUT2D eigenvalue weighted by atomic mass is 35.5. The molecule has 1 aliphatic heterocycles. The van der Waals surface area contributed by atoms with Crippen molar-refractivity contribution >= 4 is 52.3 Å². The molecule has 3 fully saturated rings. The Morgan fingerprint density at radius 1 is 0.970 bits per heavy atom. The summed E-state index contributed by atoms with van der Waals surface area (Å²) in [5.41, 5.74) is 0. The topological polar surface area (TPSA) is 45.8 Å². The van der Waals surface area contributed by atoms with Crippen LogP contribution < -0.4 is 0 Å². The molecule has 2 heterocycles. The van der Waals surface area contributed by atoms with Gasteiger partial charge < -0.3 is 4.42 Å². The summed E-state index contributed by atoms with van der Waals surface area (Å²) in [6, 6.07) is 12.2. The monoisotopic (exact) mass is 500 g/mol. The van der Waals surface area contributed by atoms with Crippen molar-refractivity contribution in [1.29, 1.82) is 0 Å². The van der Waals surface area contributed by atoms with E-state index in [1.807, 2.05) is 47.4 Å². The predicted octanol–water partition coefficient (Wildman–Crippen LogP) is 8.02. The predicted molar refractivity (Wildman–Crippen MR) is 138 cm³/mol. The number of furan rings is 1. The van der Waals surface area contributed by atoms with Crippen molar-refractivity contribution < 1.29 is 9.21 Å². The Morgan fingerprint density at radius 3 is 2.39 bits per heavy atom. The minimum atomic E-state index is 0.0877. The molecule has 7 heteroatoms. The van der Waals surface area contributed by atoms with Crippen molar-refractivity contribution in [3.05, 3.63) is 52.1 Å². The van der Waals surface area contributed by atoms with E-state index in [1.165, 1.54) is 50.3 Å². The zero-order chi connectivity index (χ0) is 22.6. The summed E-state index contributed by atoms with van der Waals surface area (Å²) >= 11 is 9.05. The molecule has 4 nitrogen and oxygen atoms in total. The average molecular weight is 501 g/mol. The number of amides is 1. The van der Waals surface area contributed by atoms with Crippen LogP contribution in [0.2, 0.25) is 5.02 Å². The van der Waals surface area contributed by atoms with Crippen molar-refractivity contribution in [2.24, 2.45) is 4.99 Å². The van der Waals surface area contributed by atoms with E-state index in [9.17, 15) is 4.79 Å². The Labute approximate surface area is 209 Å². The lowest BCUT2D eigenvalue weighted by atomic mass is 9.94. The number of aliphatic imine (C=N–C) groups is 1. The molecule has 1 saturated heterocycles. The molecule has 0 N–H and O–H groups in total. The molecule has 33 heavy (non-hydrogen) atoms. The van der Waals surface area contributed by atoms with Crippen molar-refractivity contribution in [1.82, 2.24) is 4.90 Å². The van der Waals surface area contributed by atoms with Crippen LogP contribution in [0.5, 0.6) is 0 Å². The maximum atomic E-state index is 13.5. The van der Waals surface area contributed by atoms with Gasteiger partial charge in [0, 0.05) is 22.0 Å². The highest BCUT2D eigenvalue weighted by Crippen LogP contribution is 2.39. The van der Waals surface area contributed by atoms with Gasteiger partial charge in [-0.25, -0.2) is 0 Å². The fourth-order valence-corrected chi connectivity index (χ4v) is 6.81. The Bertz CT molecular complexity index is 1030. The van der Waals surface area contributed by atoms with E-state index >= 15 is 0 Å².